The van der Waals surface area contributed by atoms with Crippen molar-refractivity contribution in [1.29, 1.82) is 0 Å². The van der Waals surface area contributed by atoms with Crippen LogP contribution in [-0.2, 0) is 0 Å². The van der Waals surface area contributed by atoms with Crippen molar-refractivity contribution in [3.63, 3.8) is 0 Å². The molecule has 0 radical (unpaired) electrons. The zero-order valence-corrected chi connectivity index (χ0v) is 23.2. The number of fused-ring (bicyclic) bond motifs is 1. The zero-order chi connectivity index (χ0) is 19.6. The summed E-state index contributed by atoms with van der Waals surface area (Å²) in [5.41, 5.74) is 3.01. The molecule has 0 saturated heterocycles. The molecule has 0 N–H and O–H groups in total. The van der Waals surface area contributed by atoms with Crippen LogP contribution in [0.5, 0.6) is 0 Å². The van der Waals surface area contributed by atoms with E-state index in [4.69, 9.17) is 0 Å². The number of rotatable bonds is 10. The topological polar surface area (TPSA) is 4.93 Å². The molecule has 2 rings (SSSR count). The van der Waals surface area contributed by atoms with E-state index in [1.807, 2.05) is 5.83 Å². The van der Waals surface area contributed by atoms with Crippen LogP contribution in [0.1, 0.15) is 64.9 Å². The van der Waals surface area contributed by atoms with Gasteiger partial charge in [0.2, 0.25) is 0 Å². The Morgan fingerprint density at radius 3 is 1.77 bits per heavy atom. The van der Waals surface area contributed by atoms with Crippen LogP contribution >= 0.6 is 25.3 Å². The second-order valence-electron chi connectivity index (χ2n) is 7.45. The number of nitrogens with zero attached hydrogens (tertiary/aromatic N) is 1. The molecule has 4 heteroatoms. The predicted molar refractivity (Wildman–Crippen MR) is 131 cm³/mol. The van der Waals surface area contributed by atoms with Gasteiger partial charge in [0.05, 0.1) is 0 Å². The van der Waals surface area contributed by atoms with Gasteiger partial charge in [-0.25, -0.2) is 0 Å². The van der Waals surface area contributed by atoms with Crippen molar-refractivity contribution in [3.8, 4) is 0 Å². The monoisotopic (exact) mass is 547 g/mol. The summed E-state index contributed by atoms with van der Waals surface area (Å²) < 4.78 is 8.94. The third kappa shape index (κ3) is 5.74. The summed E-state index contributed by atoms with van der Waals surface area (Å²) >= 11 is 0.549. The van der Waals surface area contributed by atoms with Crippen molar-refractivity contribution in [2.24, 2.45) is 0 Å². The third-order valence-corrected chi connectivity index (χ3v) is 22.8. The Morgan fingerprint density at radius 2 is 1.35 bits per heavy atom. The molecule has 0 saturated carbocycles. The first-order valence-corrected chi connectivity index (χ1v) is 19.9. The molecule has 0 amide bonds. The van der Waals surface area contributed by atoms with Gasteiger partial charge in [0.25, 0.3) is 0 Å². The second-order valence-corrected chi connectivity index (χ2v) is 20.9. The number of aryl methyl sites for hydroxylation is 1. The SMILES string of the molecule is CBr.CCC[CH2][Sn]([CH2]CCC)([CH2]CCC)[c]1c(C)c2ccccc2n1P. The Kier molecular flexibility index (Phi) is 12.1. The van der Waals surface area contributed by atoms with Crippen molar-refractivity contribution >= 4 is 58.3 Å². The average molecular weight is 547 g/mol. The quantitative estimate of drug-likeness (QED) is 0.164. The number of alkyl halides is 1. The van der Waals surface area contributed by atoms with Gasteiger partial charge in [-0.2, -0.15) is 0 Å². The summed E-state index contributed by atoms with van der Waals surface area (Å²) in [6, 6.07) is 9.01. The summed E-state index contributed by atoms with van der Waals surface area (Å²) in [6.07, 6.45) is 8.30. The Hall–Kier alpha value is 0.469. The molecule has 0 bridgehead atoms. The van der Waals surface area contributed by atoms with Gasteiger partial charge in [-0.15, -0.1) is 0 Å². The maximum atomic E-state index is 3.07. The van der Waals surface area contributed by atoms with E-state index < -0.39 is 18.4 Å². The summed E-state index contributed by atoms with van der Waals surface area (Å²) in [6.45, 7) is 9.48. The van der Waals surface area contributed by atoms with Crippen LogP contribution in [0.25, 0.3) is 10.9 Å². The van der Waals surface area contributed by atoms with E-state index >= 15 is 0 Å². The minimum atomic E-state index is -2.39. The molecule has 1 unspecified atom stereocenters. The van der Waals surface area contributed by atoms with E-state index in [0.717, 1.165) is 0 Å². The summed E-state index contributed by atoms with van der Waals surface area (Å²) in [5.74, 6) is 1.81. The van der Waals surface area contributed by atoms with Gasteiger partial charge in [0, 0.05) is 0 Å². The van der Waals surface area contributed by atoms with Gasteiger partial charge in [0.15, 0.2) is 0 Å². The Bertz CT molecular complexity index is 592. The normalized spacial score (nSPS) is 11.5. The molecule has 2 aromatic rings. The molecular weight excluding hydrogens is 508 g/mol. The fraction of sp³-hybridized carbons (Fsp3) is 0.636. The average Bonchev–Trinajstić information content (AvgIpc) is 2.95. The number of halogens is 1. The van der Waals surface area contributed by atoms with Crippen LogP contribution < -0.4 is 3.71 Å². The fourth-order valence-corrected chi connectivity index (χ4v) is 24.1. The first kappa shape index (κ1) is 24.5. The Balaban J connectivity index is 0.00000163. The van der Waals surface area contributed by atoms with Crippen molar-refractivity contribution in [2.45, 2.75) is 79.5 Å². The van der Waals surface area contributed by atoms with Crippen molar-refractivity contribution in [1.82, 2.24) is 4.34 Å². The van der Waals surface area contributed by atoms with Crippen LogP contribution in [0.3, 0.4) is 0 Å². The van der Waals surface area contributed by atoms with Crippen molar-refractivity contribution in [2.75, 3.05) is 5.83 Å². The maximum absolute atomic E-state index is 3.07. The molecular formula is C22H39BrNPSn. The Labute approximate surface area is 177 Å². The van der Waals surface area contributed by atoms with E-state index in [1.54, 1.807) is 9.27 Å². The minimum absolute atomic E-state index is 1.34. The van der Waals surface area contributed by atoms with Crippen LogP contribution in [-0.4, -0.2) is 28.5 Å². The molecule has 0 spiro atoms. The van der Waals surface area contributed by atoms with Crippen molar-refractivity contribution < 1.29 is 0 Å². The number of unbranched alkanes of at least 4 members (excludes halogenated alkanes) is 3. The summed E-state index contributed by atoms with van der Waals surface area (Å²) in [7, 11) is 3.07. The molecule has 0 aliphatic carbocycles. The predicted octanol–water partition coefficient (Wildman–Crippen LogP) is 7.66. The first-order chi connectivity index (χ1) is 12.6. The molecule has 0 aliphatic rings. The van der Waals surface area contributed by atoms with Crippen LogP contribution in [0.15, 0.2) is 24.3 Å². The number of para-hydroxylation sites is 1. The standard InChI is InChI=1S/C9H9NP.3C4H9.CH3Br.Sn/c1-7-6-10(11)9-5-3-2-4-8(7)9;3*1-3-4-2;1-2;/h2-5H,11H2,1H3;3*1,3-4H2,2H3;1H3;. The van der Waals surface area contributed by atoms with E-state index in [1.165, 1.54) is 62.7 Å². The summed E-state index contributed by atoms with van der Waals surface area (Å²) in [4.78, 5) is 0. The number of hydrogen-bond donors (Lipinski definition) is 0. The van der Waals surface area contributed by atoms with Gasteiger partial charge in [-0.3, -0.25) is 0 Å². The zero-order valence-electron chi connectivity index (χ0n) is 17.6. The molecule has 148 valence electrons. The van der Waals surface area contributed by atoms with E-state index in [-0.39, 0.29) is 0 Å². The van der Waals surface area contributed by atoms with Crippen LogP contribution in [0.2, 0.25) is 13.3 Å². The van der Waals surface area contributed by atoms with Gasteiger partial charge in [0.1, 0.15) is 0 Å². The summed E-state index contributed by atoms with van der Waals surface area (Å²) in [5, 5.41) is 1.48. The first-order valence-electron chi connectivity index (χ1n) is 10.3. The Morgan fingerprint density at radius 1 is 0.885 bits per heavy atom. The third-order valence-electron chi connectivity index (χ3n) is 5.69. The van der Waals surface area contributed by atoms with Gasteiger partial charge in [-0.05, 0) is 5.83 Å². The van der Waals surface area contributed by atoms with E-state index in [2.05, 4.69) is 81.6 Å². The van der Waals surface area contributed by atoms with Crippen LogP contribution in [0, 0.1) is 6.92 Å². The van der Waals surface area contributed by atoms with E-state index in [0.29, 0.717) is 0 Å². The van der Waals surface area contributed by atoms with Crippen LogP contribution in [0.4, 0.5) is 0 Å². The molecule has 1 atom stereocenters. The molecule has 1 aromatic heterocycles. The molecule has 1 heterocycles. The molecule has 1 aromatic carbocycles. The van der Waals surface area contributed by atoms with Gasteiger partial charge < -0.3 is 0 Å². The van der Waals surface area contributed by atoms with Gasteiger partial charge >= 0.3 is 156 Å². The number of aromatic nitrogens is 1. The van der Waals surface area contributed by atoms with E-state index in [9.17, 15) is 0 Å². The molecule has 26 heavy (non-hydrogen) atoms. The molecule has 0 aliphatic heterocycles. The molecule has 1 nitrogen and oxygen atoms in total. The van der Waals surface area contributed by atoms with Crippen molar-refractivity contribution in [3.05, 3.63) is 29.8 Å². The fourth-order valence-electron chi connectivity index (χ4n) is 4.36. The van der Waals surface area contributed by atoms with Gasteiger partial charge in [-0.1, -0.05) is 15.9 Å². The number of hydrogen-bond acceptors (Lipinski definition) is 0. The second kappa shape index (κ2) is 12.8. The molecule has 0 fully saturated rings. The number of benzene rings is 1.